The summed E-state index contributed by atoms with van der Waals surface area (Å²) in [6, 6.07) is 18.5. The Labute approximate surface area is 329 Å². The second-order valence-electron chi connectivity index (χ2n) is 14.7. The number of halogens is 2. The van der Waals surface area contributed by atoms with Crippen LogP contribution >= 0.6 is 23.2 Å². The molecule has 1 unspecified atom stereocenters. The molecule has 2 aromatic carbocycles. The molecule has 2 aliphatic heterocycles. The zero-order valence-corrected chi connectivity index (χ0v) is 32.1. The van der Waals surface area contributed by atoms with Crippen molar-refractivity contribution in [3.63, 3.8) is 0 Å². The molecule has 2 saturated heterocycles. The van der Waals surface area contributed by atoms with Gasteiger partial charge in [-0.2, -0.15) is 0 Å². The van der Waals surface area contributed by atoms with Crippen LogP contribution in [0.2, 0.25) is 10.0 Å². The van der Waals surface area contributed by atoms with Gasteiger partial charge in [-0.15, -0.1) is 0 Å². The molecular formula is C42H43Cl2N7O4. The number of methoxy groups -OCH3 is 1. The third-order valence-corrected chi connectivity index (χ3v) is 11.8. The monoisotopic (exact) mass is 779 g/mol. The largest absolute Gasteiger partial charge is 0.481 e. The van der Waals surface area contributed by atoms with E-state index in [-0.39, 0.29) is 35.4 Å². The highest BCUT2D eigenvalue weighted by Crippen LogP contribution is 2.44. The molecule has 8 rings (SSSR count). The Morgan fingerprint density at radius 1 is 0.836 bits per heavy atom. The van der Waals surface area contributed by atoms with Crippen molar-refractivity contribution >= 4 is 40.7 Å². The molecule has 11 nitrogen and oxygen atoms in total. The molecule has 55 heavy (non-hydrogen) atoms. The van der Waals surface area contributed by atoms with E-state index in [1.807, 2.05) is 30.3 Å². The number of rotatable bonds is 13. The lowest BCUT2D eigenvalue weighted by Crippen LogP contribution is -2.36. The van der Waals surface area contributed by atoms with Gasteiger partial charge in [0.1, 0.15) is 5.65 Å². The summed E-state index contributed by atoms with van der Waals surface area (Å²) in [6.45, 7) is 2.18. The number of nitrogens with one attached hydrogen (secondary N) is 4. The Morgan fingerprint density at radius 2 is 1.53 bits per heavy atom. The summed E-state index contributed by atoms with van der Waals surface area (Å²) in [5, 5.41) is 13.9. The van der Waals surface area contributed by atoms with Gasteiger partial charge in [-0.25, -0.2) is 9.97 Å². The highest BCUT2D eigenvalue weighted by molar-refractivity contribution is 6.36. The van der Waals surface area contributed by atoms with Crippen LogP contribution in [0.15, 0.2) is 71.8 Å². The molecule has 1 aliphatic carbocycles. The molecule has 3 aliphatic rings. The van der Waals surface area contributed by atoms with E-state index in [4.69, 9.17) is 32.9 Å². The molecule has 2 fully saturated rings. The van der Waals surface area contributed by atoms with E-state index in [1.54, 1.807) is 23.9 Å². The number of benzene rings is 2. The summed E-state index contributed by atoms with van der Waals surface area (Å²) in [4.78, 5) is 45.9. The zero-order valence-electron chi connectivity index (χ0n) is 30.6. The first-order valence-corrected chi connectivity index (χ1v) is 19.6. The quantitative estimate of drug-likeness (QED) is 0.119. The van der Waals surface area contributed by atoms with Crippen LogP contribution in [0.25, 0.3) is 27.9 Å². The molecule has 3 aromatic heterocycles. The first-order chi connectivity index (χ1) is 26.7. The standard InChI is InChI=1S/C42H43Cl2N7O4/c1-55-41-26(19-45-22-28-9-12-38(52)48-28)16-35(43)36(50-41)17-24-8-11-33-30(24)4-2-6-32(33)34-7-3-5-31(40(34)44)25-14-15-51-37(18-25)47-21-27(42(51)54)20-46-23-29-10-13-39(53)49-29/h2-7,14-16,18,21,24,28-29,45-46H,8-13,17,19-20,22-23H2,1H3,(H,48,52)(H,49,53)/t24?,28-,29-/m0/s1. The van der Waals surface area contributed by atoms with Crippen LogP contribution < -0.4 is 31.6 Å². The van der Waals surface area contributed by atoms with Crippen molar-refractivity contribution in [1.82, 2.24) is 35.6 Å². The van der Waals surface area contributed by atoms with Gasteiger partial charge in [0.2, 0.25) is 17.7 Å². The highest BCUT2D eigenvalue weighted by atomic mass is 35.5. The Kier molecular flexibility index (Phi) is 10.9. The SMILES string of the molecule is COc1nc(CC2CCc3c(-c4cccc(-c5ccn6c(=O)c(CNC[C@@H]7CCC(=O)N7)cnc6c5)c4Cl)cccc32)c(Cl)cc1CNC[C@@H]1CCC(=O)N1. The third kappa shape index (κ3) is 7.84. The number of aromatic nitrogens is 3. The number of hydrogen-bond donors (Lipinski definition) is 4. The molecule has 2 amide bonds. The summed E-state index contributed by atoms with van der Waals surface area (Å²) in [7, 11) is 1.63. The highest BCUT2D eigenvalue weighted by Gasteiger charge is 2.28. The summed E-state index contributed by atoms with van der Waals surface area (Å²) in [5.41, 5.74) is 8.97. The Hall–Kier alpha value is -4.81. The molecule has 5 heterocycles. The Morgan fingerprint density at radius 3 is 2.24 bits per heavy atom. The minimum atomic E-state index is -0.136. The average molecular weight is 781 g/mol. The lowest BCUT2D eigenvalue weighted by Gasteiger charge is -2.17. The van der Waals surface area contributed by atoms with Crippen LogP contribution in [0.5, 0.6) is 5.88 Å². The predicted octanol–water partition coefficient (Wildman–Crippen LogP) is 5.75. The lowest BCUT2D eigenvalue weighted by molar-refractivity contribution is -0.120. The van der Waals surface area contributed by atoms with Gasteiger partial charge in [0.15, 0.2) is 0 Å². The molecule has 5 aromatic rings. The Balaban J connectivity index is 0.985. The van der Waals surface area contributed by atoms with E-state index in [0.29, 0.717) is 72.6 Å². The van der Waals surface area contributed by atoms with E-state index < -0.39 is 0 Å². The Bertz CT molecular complexity index is 2350. The molecule has 0 radical (unpaired) electrons. The van der Waals surface area contributed by atoms with Crippen molar-refractivity contribution in [1.29, 1.82) is 0 Å². The number of ether oxygens (including phenoxy) is 1. The minimum Gasteiger partial charge on any atom is -0.481 e. The maximum absolute atomic E-state index is 13.3. The van der Waals surface area contributed by atoms with Gasteiger partial charge in [0.25, 0.3) is 5.56 Å². The number of carbonyl (C=O) groups excluding carboxylic acids is 2. The van der Waals surface area contributed by atoms with E-state index in [0.717, 1.165) is 59.2 Å². The second kappa shape index (κ2) is 16.1. The minimum absolute atomic E-state index is 0.0691. The number of nitrogens with zero attached hydrogens (tertiary/aromatic N) is 3. The van der Waals surface area contributed by atoms with Crippen molar-refractivity contribution < 1.29 is 14.3 Å². The van der Waals surface area contributed by atoms with Gasteiger partial charge in [-0.05, 0) is 78.5 Å². The fourth-order valence-electron chi connectivity index (χ4n) is 8.22. The van der Waals surface area contributed by atoms with Crippen LogP contribution in [0, 0.1) is 0 Å². The zero-order chi connectivity index (χ0) is 38.1. The second-order valence-corrected chi connectivity index (χ2v) is 15.5. The molecule has 284 valence electrons. The van der Waals surface area contributed by atoms with Gasteiger partial charge in [0.05, 0.1) is 22.8 Å². The van der Waals surface area contributed by atoms with Crippen LogP contribution in [-0.4, -0.2) is 58.5 Å². The van der Waals surface area contributed by atoms with Crippen molar-refractivity contribution in [3.8, 4) is 28.1 Å². The number of carbonyl (C=O) groups is 2. The van der Waals surface area contributed by atoms with Crippen LogP contribution in [-0.2, 0) is 35.5 Å². The van der Waals surface area contributed by atoms with E-state index in [2.05, 4.69) is 50.5 Å². The van der Waals surface area contributed by atoms with Crippen LogP contribution in [0.1, 0.15) is 66.0 Å². The molecule has 13 heteroatoms. The first kappa shape index (κ1) is 37.1. The summed E-state index contributed by atoms with van der Waals surface area (Å²) >= 11 is 14.1. The van der Waals surface area contributed by atoms with Gasteiger partial charge >= 0.3 is 0 Å². The van der Waals surface area contributed by atoms with E-state index in [9.17, 15) is 14.4 Å². The number of hydrogen-bond acceptors (Lipinski definition) is 8. The maximum atomic E-state index is 13.3. The third-order valence-electron chi connectivity index (χ3n) is 11.1. The summed E-state index contributed by atoms with van der Waals surface area (Å²) in [6.07, 6.45) is 8.66. The number of pyridine rings is 2. The fraction of sp³-hybridized carbons (Fsp3) is 0.357. The summed E-state index contributed by atoms with van der Waals surface area (Å²) < 4.78 is 7.25. The topological polar surface area (TPSA) is 139 Å². The molecule has 0 bridgehead atoms. The lowest BCUT2D eigenvalue weighted by atomic mass is 9.91. The van der Waals surface area contributed by atoms with Crippen LogP contribution in [0.3, 0.4) is 0 Å². The molecular weight excluding hydrogens is 737 g/mol. The molecule has 0 saturated carbocycles. The maximum Gasteiger partial charge on any atom is 0.262 e. The summed E-state index contributed by atoms with van der Waals surface area (Å²) in [5.74, 6) is 0.953. The first-order valence-electron chi connectivity index (χ1n) is 18.9. The van der Waals surface area contributed by atoms with Gasteiger partial charge in [-0.1, -0.05) is 59.6 Å². The van der Waals surface area contributed by atoms with Gasteiger partial charge in [-0.3, -0.25) is 18.8 Å². The number of amides is 2. The van der Waals surface area contributed by atoms with Crippen molar-refractivity contribution in [3.05, 3.63) is 115 Å². The molecule has 4 N–H and O–H groups in total. The fourth-order valence-corrected chi connectivity index (χ4v) is 8.81. The van der Waals surface area contributed by atoms with Crippen molar-refractivity contribution in [2.45, 2.75) is 76.0 Å². The van der Waals surface area contributed by atoms with E-state index in [1.165, 1.54) is 11.1 Å². The van der Waals surface area contributed by atoms with E-state index >= 15 is 0 Å². The van der Waals surface area contributed by atoms with Gasteiger partial charge in [0, 0.05) is 85.8 Å². The smallest absolute Gasteiger partial charge is 0.262 e. The van der Waals surface area contributed by atoms with Crippen LogP contribution in [0.4, 0.5) is 0 Å². The average Bonchev–Trinajstić information content (AvgIpc) is 3.93. The van der Waals surface area contributed by atoms with Gasteiger partial charge < -0.3 is 26.0 Å². The van der Waals surface area contributed by atoms with Crippen molar-refractivity contribution in [2.24, 2.45) is 0 Å². The predicted molar refractivity (Wildman–Crippen MR) is 214 cm³/mol. The number of fused-ring (bicyclic) bond motifs is 2. The normalized spacial score (nSPS) is 19.1. The molecule has 0 spiro atoms. The molecule has 3 atom stereocenters. The van der Waals surface area contributed by atoms with Crippen molar-refractivity contribution in [2.75, 3.05) is 20.2 Å².